The molecule has 0 saturated heterocycles. The van der Waals surface area contributed by atoms with Gasteiger partial charge in [0.15, 0.2) is 0 Å². The Morgan fingerprint density at radius 2 is 1.94 bits per heavy atom. The molecule has 5 heteroatoms. The van der Waals surface area contributed by atoms with Crippen molar-refractivity contribution in [2.45, 2.75) is 26.8 Å². The lowest BCUT2D eigenvalue weighted by Crippen LogP contribution is -2.34. The number of carbonyl (C=O) groups is 2. The first kappa shape index (κ1) is 14.2. The number of nitrogens with two attached hydrogens (primary N) is 1. The van der Waals surface area contributed by atoms with Crippen molar-refractivity contribution in [2.24, 2.45) is 11.7 Å². The summed E-state index contributed by atoms with van der Waals surface area (Å²) in [6.45, 7) is 5.13. The van der Waals surface area contributed by atoms with Gasteiger partial charge in [0.2, 0.25) is 5.91 Å². The van der Waals surface area contributed by atoms with Crippen LogP contribution >= 0.6 is 0 Å². The van der Waals surface area contributed by atoms with Crippen molar-refractivity contribution >= 4 is 17.6 Å². The summed E-state index contributed by atoms with van der Waals surface area (Å²) in [6, 6.07) is 4.67. The minimum atomic E-state index is -1.06. The van der Waals surface area contributed by atoms with Crippen molar-refractivity contribution in [2.75, 3.05) is 5.32 Å². The lowest BCUT2D eigenvalue weighted by Gasteiger charge is -2.17. The van der Waals surface area contributed by atoms with Crippen LogP contribution in [0.3, 0.4) is 0 Å². The van der Waals surface area contributed by atoms with Gasteiger partial charge in [0.05, 0.1) is 17.2 Å². The standard InChI is InChI=1S/C13H18N2O3/c1-7-5-4-6-10(11(7)13(17)18)15-12(16)8(2)9(3)14/h4-6,8-9H,14H2,1-3H3,(H,15,16)(H,17,18). The minimum Gasteiger partial charge on any atom is -0.478 e. The van der Waals surface area contributed by atoms with Gasteiger partial charge < -0.3 is 16.2 Å². The number of rotatable bonds is 4. The van der Waals surface area contributed by atoms with Crippen molar-refractivity contribution in [1.29, 1.82) is 0 Å². The summed E-state index contributed by atoms with van der Waals surface area (Å²) in [5, 5.41) is 11.7. The average molecular weight is 250 g/mol. The zero-order chi connectivity index (χ0) is 13.9. The van der Waals surface area contributed by atoms with Crippen molar-refractivity contribution < 1.29 is 14.7 Å². The van der Waals surface area contributed by atoms with Crippen LogP contribution in [0.4, 0.5) is 5.69 Å². The van der Waals surface area contributed by atoms with Gasteiger partial charge in [-0.2, -0.15) is 0 Å². The molecule has 0 heterocycles. The van der Waals surface area contributed by atoms with Crippen LogP contribution in [0, 0.1) is 12.8 Å². The molecule has 4 N–H and O–H groups in total. The molecule has 1 rings (SSSR count). The molecule has 0 fully saturated rings. The number of amides is 1. The Bertz CT molecular complexity index is 469. The fourth-order valence-corrected chi connectivity index (χ4v) is 1.54. The first-order valence-electron chi connectivity index (χ1n) is 5.74. The highest BCUT2D eigenvalue weighted by Crippen LogP contribution is 2.20. The number of aryl methyl sites for hydroxylation is 1. The molecule has 0 saturated carbocycles. The molecule has 0 spiro atoms. The van der Waals surface area contributed by atoms with Gasteiger partial charge in [-0.3, -0.25) is 4.79 Å². The Balaban J connectivity index is 3.02. The quantitative estimate of drug-likeness (QED) is 0.757. The largest absolute Gasteiger partial charge is 0.478 e. The highest BCUT2D eigenvalue weighted by molar-refractivity contribution is 6.02. The summed E-state index contributed by atoms with van der Waals surface area (Å²) in [6.07, 6.45) is 0. The number of nitrogens with one attached hydrogen (secondary N) is 1. The van der Waals surface area contributed by atoms with Crippen LogP contribution in [0.15, 0.2) is 18.2 Å². The number of hydrogen-bond donors (Lipinski definition) is 3. The summed E-state index contributed by atoms with van der Waals surface area (Å²) in [5.41, 5.74) is 6.67. The zero-order valence-corrected chi connectivity index (χ0v) is 10.7. The van der Waals surface area contributed by atoms with Gasteiger partial charge >= 0.3 is 5.97 Å². The Kier molecular flexibility index (Phi) is 4.44. The lowest BCUT2D eigenvalue weighted by atomic mass is 10.0. The van der Waals surface area contributed by atoms with Crippen LogP contribution in [0.2, 0.25) is 0 Å². The highest BCUT2D eigenvalue weighted by atomic mass is 16.4. The van der Waals surface area contributed by atoms with E-state index in [4.69, 9.17) is 10.8 Å². The number of aromatic carboxylic acids is 1. The Morgan fingerprint density at radius 3 is 2.44 bits per heavy atom. The van der Waals surface area contributed by atoms with Crippen LogP contribution in [-0.2, 0) is 4.79 Å². The van der Waals surface area contributed by atoms with Gasteiger partial charge in [-0.05, 0) is 25.5 Å². The van der Waals surface area contributed by atoms with Crippen molar-refractivity contribution in [1.82, 2.24) is 0 Å². The molecular formula is C13H18N2O3. The predicted molar refractivity (Wildman–Crippen MR) is 69.6 cm³/mol. The van der Waals surface area contributed by atoms with Gasteiger partial charge in [-0.15, -0.1) is 0 Å². The van der Waals surface area contributed by atoms with Crippen LogP contribution in [0.5, 0.6) is 0 Å². The summed E-state index contributed by atoms with van der Waals surface area (Å²) in [5.74, 6) is -1.72. The number of benzene rings is 1. The molecule has 18 heavy (non-hydrogen) atoms. The van der Waals surface area contributed by atoms with E-state index >= 15 is 0 Å². The van der Waals surface area contributed by atoms with E-state index in [1.54, 1.807) is 39.0 Å². The summed E-state index contributed by atoms with van der Waals surface area (Å²) in [4.78, 5) is 23.0. The molecule has 2 unspecified atom stereocenters. The van der Waals surface area contributed by atoms with Gasteiger partial charge in [0, 0.05) is 6.04 Å². The third kappa shape index (κ3) is 3.07. The SMILES string of the molecule is Cc1cccc(NC(=O)C(C)C(C)N)c1C(=O)O. The van der Waals surface area contributed by atoms with Crippen molar-refractivity contribution in [3.63, 3.8) is 0 Å². The maximum atomic E-state index is 11.9. The van der Waals surface area contributed by atoms with E-state index in [1.807, 2.05) is 0 Å². The first-order valence-corrected chi connectivity index (χ1v) is 5.74. The number of carboxylic acid groups (broad SMARTS) is 1. The third-order valence-corrected chi connectivity index (χ3v) is 2.95. The normalized spacial score (nSPS) is 13.8. The Morgan fingerprint density at radius 1 is 1.33 bits per heavy atom. The van der Waals surface area contributed by atoms with E-state index in [9.17, 15) is 9.59 Å². The molecule has 0 aromatic heterocycles. The highest BCUT2D eigenvalue weighted by Gasteiger charge is 2.20. The number of hydrogen-bond acceptors (Lipinski definition) is 3. The maximum Gasteiger partial charge on any atom is 0.338 e. The van der Waals surface area contributed by atoms with Gasteiger partial charge in [0.1, 0.15) is 0 Å². The van der Waals surface area contributed by atoms with E-state index < -0.39 is 5.97 Å². The molecule has 1 aromatic rings. The van der Waals surface area contributed by atoms with Crippen molar-refractivity contribution in [3.8, 4) is 0 Å². The molecule has 0 bridgehead atoms. The summed E-state index contributed by atoms with van der Waals surface area (Å²) >= 11 is 0. The monoisotopic (exact) mass is 250 g/mol. The molecule has 0 aliphatic heterocycles. The second kappa shape index (κ2) is 5.64. The molecule has 0 aliphatic carbocycles. The van der Waals surface area contributed by atoms with Crippen LogP contribution in [0.1, 0.15) is 29.8 Å². The van der Waals surface area contributed by atoms with E-state index in [1.165, 1.54) is 0 Å². The van der Waals surface area contributed by atoms with Crippen LogP contribution in [-0.4, -0.2) is 23.0 Å². The number of anilines is 1. The second-order valence-corrected chi connectivity index (χ2v) is 4.44. The fourth-order valence-electron chi connectivity index (χ4n) is 1.54. The predicted octanol–water partition coefficient (Wildman–Crippen LogP) is 1.62. The maximum absolute atomic E-state index is 11.9. The average Bonchev–Trinajstić information content (AvgIpc) is 2.27. The van der Waals surface area contributed by atoms with Crippen molar-refractivity contribution in [3.05, 3.63) is 29.3 Å². The lowest BCUT2D eigenvalue weighted by molar-refractivity contribution is -0.119. The summed E-state index contributed by atoms with van der Waals surface area (Å²) < 4.78 is 0. The van der Waals surface area contributed by atoms with Crippen LogP contribution < -0.4 is 11.1 Å². The molecule has 0 radical (unpaired) electrons. The molecule has 98 valence electrons. The molecule has 0 aliphatic rings. The third-order valence-electron chi connectivity index (χ3n) is 2.95. The van der Waals surface area contributed by atoms with Crippen LogP contribution in [0.25, 0.3) is 0 Å². The Hall–Kier alpha value is -1.88. The molecule has 2 atom stereocenters. The topological polar surface area (TPSA) is 92.4 Å². The molecule has 1 aromatic carbocycles. The minimum absolute atomic E-state index is 0.114. The zero-order valence-electron chi connectivity index (χ0n) is 10.7. The number of carboxylic acids is 1. The smallest absolute Gasteiger partial charge is 0.338 e. The second-order valence-electron chi connectivity index (χ2n) is 4.44. The van der Waals surface area contributed by atoms with Gasteiger partial charge in [-0.25, -0.2) is 4.79 Å². The molecule has 5 nitrogen and oxygen atoms in total. The van der Waals surface area contributed by atoms with Gasteiger partial charge in [0.25, 0.3) is 0 Å². The molecule has 1 amide bonds. The van der Waals surface area contributed by atoms with E-state index in [0.29, 0.717) is 11.3 Å². The number of carbonyl (C=O) groups excluding carboxylic acids is 1. The fraction of sp³-hybridized carbons (Fsp3) is 0.385. The van der Waals surface area contributed by atoms with E-state index in [-0.39, 0.29) is 23.4 Å². The first-order chi connectivity index (χ1) is 8.34. The van der Waals surface area contributed by atoms with E-state index in [2.05, 4.69) is 5.32 Å². The molecular weight excluding hydrogens is 232 g/mol. The van der Waals surface area contributed by atoms with E-state index in [0.717, 1.165) is 0 Å². The summed E-state index contributed by atoms with van der Waals surface area (Å²) in [7, 11) is 0. The van der Waals surface area contributed by atoms with Gasteiger partial charge in [-0.1, -0.05) is 19.1 Å². The Labute approximate surface area is 106 Å².